The zero-order chi connectivity index (χ0) is 9.94. The Morgan fingerprint density at radius 2 is 1.77 bits per heavy atom. The first-order valence-electron chi connectivity index (χ1n) is 4.81. The van der Waals surface area contributed by atoms with E-state index in [1.54, 1.807) is 6.08 Å². The number of rotatable bonds is 7. The van der Waals surface area contributed by atoms with E-state index in [9.17, 15) is 4.79 Å². The fourth-order valence-electron chi connectivity index (χ4n) is 0.993. The summed E-state index contributed by atoms with van der Waals surface area (Å²) in [4.78, 5) is 10.1. The van der Waals surface area contributed by atoms with Crippen molar-refractivity contribution in [3.05, 3.63) is 24.3 Å². The lowest BCUT2D eigenvalue weighted by atomic mass is 10.2. The third-order valence-electron chi connectivity index (χ3n) is 1.65. The molecule has 0 bridgehead atoms. The first-order chi connectivity index (χ1) is 6.27. The molecule has 2 nitrogen and oxygen atoms in total. The van der Waals surface area contributed by atoms with Crippen molar-refractivity contribution >= 4 is 5.97 Å². The molecule has 0 heterocycles. The van der Waals surface area contributed by atoms with Gasteiger partial charge in [0.05, 0.1) is 0 Å². The van der Waals surface area contributed by atoms with Gasteiger partial charge in [0.15, 0.2) is 0 Å². The molecule has 0 aliphatic heterocycles. The van der Waals surface area contributed by atoms with Gasteiger partial charge in [-0.1, -0.05) is 25.2 Å². The number of hydrogen-bond acceptors (Lipinski definition) is 1. The van der Waals surface area contributed by atoms with Crippen LogP contribution in [-0.2, 0) is 4.79 Å². The Labute approximate surface area is 80.0 Å². The molecule has 2 heteroatoms. The molecule has 0 atom stereocenters. The van der Waals surface area contributed by atoms with Crippen molar-refractivity contribution in [3.8, 4) is 0 Å². The van der Waals surface area contributed by atoms with Gasteiger partial charge in [-0.05, 0) is 32.1 Å². The molecule has 0 amide bonds. The largest absolute Gasteiger partial charge is 0.478 e. The minimum atomic E-state index is -0.856. The van der Waals surface area contributed by atoms with E-state index < -0.39 is 5.97 Å². The summed E-state index contributed by atoms with van der Waals surface area (Å²) < 4.78 is 0. The molecule has 0 unspecified atom stereocenters. The molecule has 0 aromatic heterocycles. The van der Waals surface area contributed by atoms with Gasteiger partial charge in [0.25, 0.3) is 0 Å². The quantitative estimate of drug-likeness (QED) is 0.373. The van der Waals surface area contributed by atoms with E-state index in [-0.39, 0.29) is 0 Å². The number of allylic oxidation sites excluding steroid dienone is 3. The summed E-state index contributed by atoms with van der Waals surface area (Å²) in [6.45, 7) is 2.12. The minimum Gasteiger partial charge on any atom is -0.478 e. The van der Waals surface area contributed by atoms with Gasteiger partial charge in [0.1, 0.15) is 0 Å². The standard InChI is InChI=1S/C11H18O2/c1-2-3-4-5-6-7-8-9-10-11(12)13/h3-4,9-10H,2,5-8H2,1H3,(H,12,13)/b4-3-,10-9+. The topological polar surface area (TPSA) is 37.3 Å². The first-order valence-corrected chi connectivity index (χ1v) is 4.81. The van der Waals surface area contributed by atoms with Crippen LogP contribution in [0.1, 0.15) is 39.0 Å². The van der Waals surface area contributed by atoms with Crippen LogP contribution >= 0.6 is 0 Å². The Hall–Kier alpha value is -1.05. The summed E-state index contributed by atoms with van der Waals surface area (Å²) in [5.41, 5.74) is 0. The lowest BCUT2D eigenvalue weighted by molar-refractivity contribution is -0.131. The number of carboxylic acids is 1. The van der Waals surface area contributed by atoms with Crippen molar-refractivity contribution in [2.24, 2.45) is 0 Å². The van der Waals surface area contributed by atoms with E-state index in [0.717, 1.165) is 32.1 Å². The normalized spacial score (nSPS) is 11.5. The van der Waals surface area contributed by atoms with E-state index in [1.165, 1.54) is 6.08 Å². The zero-order valence-corrected chi connectivity index (χ0v) is 8.20. The van der Waals surface area contributed by atoms with Crippen LogP contribution in [0.2, 0.25) is 0 Å². The number of carbonyl (C=O) groups is 1. The minimum absolute atomic E-state index is 0.856. The maximum atomic E-state index is 10.1. The van der Waals surface area contributed by atoms with E-state index >= 15 is 0 Å². The van der Waals surface area contributed by atoms with Crippen molar-refractivity contribution in [2.75, 3.05) is 0 Å². The van der Waals surface area contributed by atoms with Gasteiger partial charge < -0.3 is 5.11 Å². The predicted octanol–water partition coefficient (Wildman–Crippen LogP) is 3.15. The van der Waals surface area contributed by atoms with Crippen LogP contribution in [0.15, 0.2) is 24.3 Å². The third kappa shape index (κ3) is 10.9. The van der Waals surface area contributed by atoms with Gasteiger partial charge in [-0.2, -0.15) is 0 Å². The molecular weight excluding hydrogens is 164 g/mol. The lowest BCUT2D eigenvalue weighted by Crippen LogP contribution is -1.85. The van der Waals surface area contributed by atoms with Crippen LogP contribution in [0, 0.1) is 0 Å². The molecule has 0 aliphatic rings. The summed E-state index contributed by atoms with van der Waals surface area (Å²) >= 11 is 0. The van der Waals surface area contributed by atoms with Crippen molar-refractivity contribution in [1.29, 1.82) is 0 Å². The molecule has 74 valence electrons. The highest BCUT2D eigenvalue weighted by molar-refractivity contribution is 5.79. The second-order valence-electron chi connectivity index (χ2n) is 2.90. The second-order valence-corrected chi connectivity index (χ2v) is 2.90. The highest BCUT2D eigenvalue weighted by Gasteiger charge is 1.86. The molecule has 0 aromatic rings. The summed E-state index contributed by atoms with van der Waals surface area (Å²) in [5, 5.41) is 8.29. The lowest BCUT2D eigenvalue weighted by Gasteiger charge is -1.91. The Bertz CT molecular complexity index is 181. The monoisotopic (exact) mass is 182 g/mol. The molecule has 13 heavy (non-hydrogen) atoms. The van der Waals surface area contributed by atoms with Crippen molar-refractivity contribution in [3.63, 3.8) is 0 Å². The van der Waals surface area contributed by atoms with E-state index in [2.05, 4.69) is 19.1 Å². The summed E-state index contributed by atoms with van der Waals surface area (Å²) in [7, 11) is 0. The van der Waals surface area contributed by atoms with Gasteiger partial charge in [0.2, 0.25) is 0 Å². The number of carboxylic acid groups (broad SMARTS) is 1. The maximum Gasteiger partial charge on any atom is 0.327 e. The van der Waals surface area contributed by atoms with E-state index in [4.69, 9.17) is 5.11 Å². The molecule has 0 rings (SSSR count). The van der Waals surface area contributed by atoms with Crippen molar-refractivity contribution in [1.82, 2.24) is 0 Å². The Morgan fingerprint density at radius 3 is 2.31 bits per heavy atom. The third-order valence-corrected chi connectivity index (χ3v) is 1.65. The summed E-state index contributed by atoms with van der Waals surface area (Å²) in [6.07, 6.45) is 12.5. The SMILES string of the molecule is CC/C=C\CCCC/C=C/C(=O)O. The van der Waals surface area contributed by atoms with Crippen LogP contribution in [0.25, 0.3) is 0 Å². The fourth-order valence-corrected chi connectivity index (χ4v) is 0.993. The van der Waals surface area contributed by atoms with Crippen LogP contribution in [0.4, 0.5) is 0 Å². The van der Waals surface area contributed by atoms with Gasteiger partial charge in [0, 0.05) is 6.08 Å². The molecule has 0 spiro atoms. The molecular formula is C11H18O2. The maximum absolute atomic E-state index is 10.1. The smallest absolute Gasteiger partial charge is 0.327 e. The Kier molecular flexibility index (Phi) is 8.31. The molecule has 0 saturated carbocycles. The highest BCUT2D eigenvalue weighted by Crippen LogP contribution is 2.01. The Balaban J connectivity index is 3.17. The van der Waals surface area contributed by atoms with Gasteiger partial charge in [-0.3, -0.25) is 0 Å². The fraction of sp³-hybridized carbons (Fsp3) is 0.545. The van der Waals surface area contributed by atoms with E-state index in [1.807, 2.05) is 0 Å². The Morgan fingerprint density at radius 1 is 1.15 bits per heavy atom. The van der Waals surface area contributed by atoms with Crippen molar-refractivity contribution < 1.29 is 9.90 Å². The highest BCUT2D eigenvalue weighted by atomic mass is 16.4. The van der Waals surface area contributed by atoms with Crippen LogP contribution in [0.3, 0.4) is 0 Å². The van der Waals surface area contributed by atoms with Crippen molar-refractivity contribution in [2.45, 2.75) is 39.0 Å². The predicted molar refractivity (Wildman–Crippen MR) is 54.7 cm³/mol. The van der Waals surface area contributed by atoms with Gasteiger partial charge in [-0.15, -0.1) is 0 Å². The van der Waals surface area contributed by atoms with Crippen LogP contribution in [-0.4, -0.2) is 11.1 Å². The molecule has 0 saturated heterocycles. The molecule has 1 N–H and O–H groups in total. The number of hydrogen-bond donors (Lipinski definition) is 1. The molecule has 0 aliphatic carbocycles. The number of aliphatic carboxylic acids is 1. The summed E-state index contributed by atoms with van der Waals surface area (Å²) in [6, 6.07) is 0. The summed E-state index contributed by atoms with van der Waals surface area (Å²) in [5.74, 6) is -0.856. The molecule has 0 aromatic carbocycles. The van der Waals surface area contributed by atoms with E-state index in [0.29, 0.717) is 0 Å². The van der Waals surface area contributed by atoms with Crippen LogP contribution in [0.5, 0.6) is 0 Å². The molecule has 0 fully saturated rings. The molecule has 0 radical (unpaired) electrons. The average Bonchev–Trinajstić information content (AvgIpc) is 2.09. The number of unbranched alkanes of at least 4 members (excludes halogenated alkanes) is 3. The van der Waals surface area contributed by atoms with Gasteiger partial charge in [-0.25, -0.2) is 4.79 Å². The first kappa shape index (κ1) is 11.9. The average molecular weight is 182 g/mol. The zero-order valence-electron chi connectivity index (χ0n) is 8.20. The van der Waals surface area contributed by atoms with Gasteiger partial charge >= 0.3 is 5.97 Å². The second kappa shape index (κ2) is 9.04. The van der Waals surface area contributed by atoms with Crippen LogP contribution < -0.4 is 0 Å².